The summed E-state index contributed by atoms with van der Waals surface area (Å²) in [6, 6.07) is 9.48. The first-order valence-corrected chi connectivity index (χ1v) is 7.50. The summed E-state index contributed by atoms with van der Waals surface area (Å²) < 4.78 is 11.6. The number of hydrogen-bond acceptors (Lipinski definition) is 7. The fraction of sp³-hybridized carbons (Fsp3) is 0.143. The number of ether oxygens (including phenoxy) is 1. The second-order valence-electron chi connectivity index (χ2n) is 4.48. The van der Waals surface area contributed by atoms with Crippen LogP contribution in [0.4, 0.5) is 5.69 Å². The molecule has 0 saturated heterocycles. The Labute approximate surface area is 133 Å². The highest BCUT2D eigenvalue weighted by atomic mass is 32.1. The molecule has 0 saturated carbocycles. The largest absolute Gasteiger partial charge is 0.491 e. The summed E-state index contributed by atoms with van der Waals surface area (Å²) in [4.78, 5) is 22.7. The summed E-state index contributed by atoms with van der Waals surface area (Å²) in [6.45, 7) is 0.313. The molecule has 9 heteroatoms. The molecule has 3 rings (SSSR count). The highest BCUT2D eigenvalue weighted by Gasteiger charge is 2.11. The van der Waals surface area contributed by atoms with Gasteiger partial charge in [0.05, 0.1) is 22.4 Å². The molecule has 8 nitrogen and oxygen atoms in total. The molecule has 0 radical (unpaired) electrons. The summed E-state index contributed by atoms with van der Waals surface area (Å²) in [5, 5.41) is 16.6. The number of non-ortho nitro benzene ring substituents is 1. The monoisotopic (exact) mass is 333 g/mol. The Morgan fingerprint density at radius 1 is 1.35 bits per heavy atom. The Kier molecular flexibility index (Phi) is 4.20. The van der Waals surface area contributed by atoms with Crippen molar-refractivity contribution in [2.45, 2.75) is 6.54 Å². The molecule has 0 spiro atoms. The summed E-state index contributed by atoms with van der Waals surface area (Å²) in [7, 11) is 0. The third-order valence-corrected chi connectivity index (χ3v) is 3.80. The number of nitro benzene ring substituents is 1. The van der Waals surface area contributed by atoms with Gasteiger partial charge in [0.25, 0.3) is 11.6 Å². The number of rotatable bonds is 6. The lowest BCUT2D eigenvalue weighted by molar-refractivity contribution is -0.384. The van der Waals surface area contributed by atoms with Gasteiger partial charge in [-0.25, -0.2) is 4.79 Å². The Morgan fingerprint density at radius 2 is 2.22 bits per heavy atom. The zero-order valence-electron chi connectivity index (χ0n) is 11.7. The average molecular weight is 333 g/mol. The molecule has 118 valence electrons. The third-order valence-electron chi connectivity index (χ3n) is 2.94. The van der Waals surface area contributed by atoms with Crippen molar-refractivity contribution in [2.75, 3.05) is 6.61 Å². The summed E-state index contributed by atoms with van der Waals surface area (Å²) >= 11 is 1.42. The maximum atomic E-state index is 11.7. The van der Waals surface area contributed by atoms with Gasteiger partial charge in [-0.3, -0.25) is 10.1 Å². The van der Waals surface area contributed by atoms with E-state index in [0.29, 0.717) is 5.75 Å². The summed E-state index contributed by atoms with van der Waals surface area (Å²) in [6.07, 6.45) is 0. The van der Waals surface area contributed by atoms with Crippen molar-refractivity contribution < 1.29 is 14.1 Å². The molecule has 0 aliphatic rings. The second kappa shape index (κ2) is 6.44. The molecule has 2 aromatic heterocycles. The second-order valence-corrected chi connectivity index (χ2v) is 5.42. The van der Waals surface area contributed by atoms with Crippen molar-refractivity contribution in [1.82, 2.24) is 9.78 Å². The van der Waals surface area contributed by atoms with E-state index in [1.165, 1.54) is 29.5 Å². The highest BCUT2D eigenvalue weighted by molar-refractivity contribution is 7.13. The van der Waals surface area contributed by atoms with Crippen LogP contribution in [-0.2, 0) is 6.54 Å². The van der Waals surface area contributed by atoms with Crippen LogP contribution in [-0.4, -0.2) is 21.3 Å². The lowest BCUT2D eigenvalue weighted by Gasteiger charge is -2.04. The van der Waals surface area contributed by atoms with E-state index in [9.17, 15) is 14.9 Å². The normalized spacial score (nSPS) is 10.6. The van der Waals surface area contributed by atoms with E-state index >= 15 is 0 Å². The molecule has 0 aliphatic carbocycles. The molecule has 0 bridgehead atoms. The van der Waals surface area contributed by atoms with E-state index in [0.717, 1.165) is 9.56 Å². The minimum Gasteiger partial charge on any atom is -0.491 e. The molecule has 0 amide bonds. The number of benzene rings is 1. The van der Waals surface area contributed by atoms with Crippen molar-refractivity contribution in [1.29, 1.82) is 0 Å². The molecule has 0 N–H and O–H groups in total. The van der Waals surface area contributed by atoms with Gasteiger partial charge in [0.1, 0.15) is 12.4 Å². The van der Waals surface area contributed by atoms with Crippen LogP contribution in [0, 0.1) is 10.1 Å². The molecule has 0 fully saturated rings. The molecule has 0 atom stereocenters. The van der Waals surface area contributed by atoms with Gasteiger partial charge in [-0.2, -0.15) is 4.68 Å². The molecular formula is C14H11N3O5S. The number of thiophene rings is 1. The predicted molar refractivity (Wildman–Crippen MR) is 82.7 cm³/mol. The first-order valence-electron chi connectivity index (χ1n) is 6.62. The van der Waals surface area contributed by atoms with Crippen molar-refractivity contribution in [3.05, 3.63) is 62.4 Å². The van der Waals surface area contributed by atoms with E-state index in [1.807, 2.05) is 11.4 Å². The van der Waals surface area contributed by atoms with Gasteiger partial charge < -0.3 is 9.15 Å². The highest BCUT2D eigenvalue weighted by Crippen LogP contribution is 2.21. The summed E-state index contributed by atoms with van der Waals surface area (Å²) in [5.74, 6) is 0.0469. The molecule has 2 heterocycles. The standard InChI is InChI=1S/C14H11N3O5S/c18-14-16(15-13(22-14)12-5-2-8-23-12)6-7-21-11-4-1-3-10(9-11)17(19)20/h1-5,8-9H,6-7H2. The van der Waals surface area contributed by atoms with Crippen molar-refractivity contribution in [2.24, 2.45) is 0 Å². The van der Waals surface area contributed by atoms with Crippen LogP contribution in [0.2, 0.25) is 0 Å². The molecule has 0 unspecified atom stereocenters. The number of aromatic nitrogens is 2. The van der Waals surface area contributed by atoms with Crippen LogP contribution in [0.15, 0.2) is 51.0 Å². The van der Waals surface area contributed by atoms with Gasteiger partial charge in [0, 0.05) is 6.07 Å². The smallest absolute Gasteiger partial charge is 0.437 e. The minimum absolute atomic E-state index is 0.0546. The lowest BCUT2D eigenvalue weighted by Crippen LogP contribution is -2.20. The first-order chi connectivity index (χ1) is 11.1. The fourth-order valence-electron chi connectivity index (χ4n) is 1.88. The number of hydrogen-bond donors (Lipinski definition) is 0. The number of nitrogens with zero attached hydrogens (tertiary/aromatic N) is 3. The Balaban J connectivity index is 1.64. The van der Waals surface area contributed by atoms with Crippen molar-refractivity contribution in [3.8, 4) is 16.5 Å². The predicted octanol–water partition coefficient (Wildman–Crippen LogP) is 2.55. The van der Waals surface area contributed by atoms with E-state index in [-0.39, 0.29) is 24.7 Å². The van der Waals surface area contributed by atoms with E-state index in [2.05, 4.69) is 5.10 Å². The van der Waals surface area contributed by atoms with E-state index in [4.69, 9.17) is 9.15 Å². The maximum absolute atomic E-state index is 11.7. The van der Waals surface area contributed by atoms with Gasteiger partial charge in [0.2, 0.25) is 0 Å². The van der Waals surface area contributed by atoms with Crippen molar-refractivity contribution in [3.63, 3.8) is 0 Å². The van der Waals surface area contributed by atoms with Crippen LogP contribution < -0.4 is 10.5 Å². The molecule has 23 heavy (non-hydrogen) atoms. The number of nitro groups is 1. The van der Waals surface area contributed by atoms with Crippen molar-refractivity contribution >= 4 is 17.0 Å². The third kappa shape index (κ3) is 3.46. The Morgan fingerprint density at radius 3 is 2.96 bits per heavy atom. The van der Waals surface area contributed by atoms with Crippen LogP contribution in [0.25, 0.3) is 10.8 Å². The molecular weight excluding hydrogens is 322 g/mol. The van der Waals surface area contributed by atoms with Crippen LogP contribution >= 0.6 is 11.3 Å². The van der Waals surface area contributed by atoms with E-state index in [1.54, 1.807) is 12.1 Å². The lowest BCUT2D eigenvalue weighted by atomic mass is 10.3. The first kappa shape index (κ1) is 15.0. The quantitative estimate of drug-likeness (QED) is 0.507. The topological polar surface area (TPSA) is 100 Å². The van der Waals surface area contributed by atoms with Gasteiger partial charge in [0.15, 0.2) is 0 Å². The zero-order chi connectivity index (χ0) is 16.2. The van der Waals surface area contributed by atoms with Gasteiger partial charge in [-0.15, -0.1) is 16.4 Å². The fourth-order valence-corrected chi connectivity index (χ4v) is 2.53. The maximum Gasteiger partial charge on any atom is 0.437 e. The average Bonchev–Trinajstić information content (AvgIpc) is 3.18. The molecule has 3 aromatic rings. The van der Waals surface area contributed by atoms with Gasteiger partial charge >= 0.3 is 5.76 Å². The van der Waals surface area contributed by atoms with Crippen LogP contribution in [0.1, 0.15) is 0 Å². The van der Waals surface area contributed by atoms with Gasteiger partial charge in [-0.1, -0.05) is 12.1 Å². The van der Waals surface area contributed by atoms with Gasteiger partial charge in [-0.05, 0) is 17.5 Å². The summed E-state index contributed by atoms with van der Waals surface area (Å²) in [5.41, 5.74) is -0.0546. The zero-order valence-corrected chi connectivity index (χ0v) is 12.6. The van der Waals surface area contributed by atoms with Crippen LogP contribution in [0.5, 0.6) is 5.75 Å². The molecule has 1 aromatic carbocycles. The minimum atomic E-state index is -0.573. The Bertz CT molecular complexity index is 869. The van der Waals surface area contributed by atoms with Crippen LogP contribution in [0.3, 0.4) is 0 Å². The Hall–Kier alpha value is -2.94. The van der Waals surface area contributed by atoms with E-state index < -0.39 is 10.7 Å². The SMILES string of the molecule is O=c1oc(-c2cccs2)nn1CCOc1cccc([N+](=O)[O-])c1. The molecule has 0 aliphatic heterocycles.